The van der Waals surface area contributed by atoms with E-state index in [1.54, 1.807) is 0 Å². The lowest BCUT2D eigenvalue weighted by Crippen LogP contribution is -2.04. The molecule has 0 amide bonds. The van der Waals surface area contributed by atoms with Crippen molar-refractivity contribution < 1.29 is 22.3 Å². The zero-order valence-electron chi connectivity index (χ0n) is 9.82. The topological polar surface area (TPSA) is 39.4 Å². The van der Waals surface area contributed by atoms with Crippen molar-refractivity contribution in [3.8, 4) is 17.1 Å². The van der Waals surface area contributed by atoms with Crippen molar-refractivity contribution >= 4 is 0 Å². The lowest BCUT2D eigenvalue weighted by Gasteiger charge is -2.07. The Morgan fingerprint density at radius 1 is 1.11 bits per heavy atom. The van der Waals surface area contributed by atoms with Gasteiger partial charge in [-0.15, -0.1) is 0 Å². The van der Waals surface area contributed by atoms with Crippen molar-refractivity contribution in [2.45, 2.75) is 6.18 Å². The van der Waals surface area contributed by atoms with E-state index in [-0.39, 0.29) is 11.5 Å². The normalized spacial score (nSPS) is 11.4. The van der Waals surface area contributed by atoms with Crippen LogP contribution in [0, 0.1) is 0 Å². The van der Waals surface area contributed by atoms with Gasteiger partial charge in [0.25, 0.3) is 0 Å². The van der Waals surface area contributed by atoms with Crippen LogP contribution < -0.4 is 10.4 Å². The Labute approximate surface area is 106 Å². The standard InChI is InChI=1S/C13H9F3O3/c1-18-10-6-11(19-12(17)7-10)8-2-4-9(5-3-8)13(14,15)16/h2-7H,1H3. The summed E-state index contributed by atoms with van der Waals surface area (Å²) in [7, 11) is 1.38. The number of hydrogen-bond acceptors (Lipinski definition) is 3. The second-order valence-corrected chi connectivity index (χ2v) is 3.76. The van der Waals surface area contributed by atoms with Crippen molar-refractivity contribution in [2.24, 2.45) is 0 Å². The summed E-state index contributed by atoms with van der Waals surface area (Å²) in [5.41, 5.74) is -1.03. The van der Waals surface area contributed by atoms with Crippen molar-refractivity contribution in [1.29, 1.82) is 0 Å². The van der Waals surface area contributed by atoms with Crippen LogP contribution >= 0.6 is 0 Å². The van der Waals surface area contributed by atoms with Gasteiger partial charge >= 0.3 is 11.8 Å². The van der Waals surface area contributed by atoms with Crippen molar-refractivity contribution in [2.75, 3.05) is 7.11 Å². The Bertz CT molecular complexity index is 627. The summed E-state index contributed by atoms with van der Waals surface area (Å²) in [5.74, 6) is 0.434. The average molecular weight is 270 g/mol. The highest BCUT2D eigenvalue weighted by atomic mass is 19.4. The van der Waals surface area contributed by atoms with E-state index in [4.69, 9.17) is 9.15 Å². The second-order valence-electron chi connectivity index (χ2n) is 3.76. The van der Waals surface area contributed by atoms with Crippen LogP contribution in [0.2, 0.25) is 0 Å². The van der Waals surface area contributed by atoms with Crippen LogP contribution in [0.3, 0.4) is 0 Å². The van der Waals surface area contributed by atoms with E-state index in [0.717, 1.165) is 18.2 Å². The van der Waals surface area contributed by atoms with Crippen LogP contribution in [-0.4, -0.2) is 7.11 Å². The summed E-state index contributed by atoms with van der Waals surface area (Å²) in [6.45, 7) is 0. The predicted octanol–water partition coefficient (Wildman–Crippen LogP) is 3.33. The van der Waals surface area contributed by atoms with E-state index in [1.165, 1.54) is 25.3 Å². The molecule has 1 heterocycles. The van der Waals surface area contributed by atoms with Gasteiger partial charge in [0.1, 0.15) is 11.5 Å². The zero-order chi connectivity index (χ0) is 14.0. The summed E-state index contributed by atoms with van der Waals surface area (Å²) in [6, 6.07) is 6.91. The number of methoxy groups -OCH3 is 1. The van der Waals surface area contributed by atoms with Gasteiger partial charge in [-0.05, 0) is 12.1 Å². The molecule has 0 aliphatic heterocycles. The number of alkyl halides is 3. The van der Waals surface area contributed by atoms with Gasteiger partial charge in [-0.25, -0.2) is 4.79 Å². The number of ether oxygens (including phenoxy) is 1. The van der Waals surface area contributed by atoms with Crippen molar-refractivity contribution in [1.82, 2.24) is 0 Å². The smallest absolute Gasteiger partial charge is 0.416 e. The Morgan fingerprint density at radius 2 is 1.74 bits per heavy atom. The zero-order valence-corrected chi connectivity index (χ0v) is 9.82. The largest absolute Gasteiger partial charge is 0.496 e. The lowest BCUT2D eigenvalue weighted by molar-refractivity contribution is -0.137. The van der Waals surface area contributed by atoms with Gasteiger partial charge in [-0.3, -0.25) is 0 Å². The fourth-order valence-electron chi connectivity index (χ4n) is 1.54. The molecule has 0 saturated carbocycles. The third-order valence-corrected chi connectivity index (χ3v) is 2.48. The molecule has 2 rings (SSSR count). The minimum absolute atomic E-state index is 0.151. The molecule has 0 N–H and O–H groups in total. The van der Waals surface area contributed by atoms with Crippen molar-refractivity contribution in [3.63, 3.8) is 0 Å². The fourth-order valence-corrected chi connectivity index (χ4v) is 1.54. The van der Waals surface area contributed by atoms with Crippen molar-refractivity contribution in [3.05, 3.63) is 52.4 Å². The van der Waals surface area contributed by atoms with Crippen LogP contribution in [0.5, 0.6) is 5.75 Å². The molecule has 0 fully saturated rings. The Kier molecular flexibility index (Phi) is 3.33. The molecule has 100 valence electrons. The molecule has 0 saturated heterocycles. The summed E-state index contributed by atoms with van der Waals surface area (Å²) in [6.07, 6.45) is -4.40. The molecular formula is C13H9F3O3. The molecule has 1 aromatic carbocycles. The second kappa shape index (κ2) is 4.79. The third-order valence-electron chi connectivity index (χ3n) is 2.48. The highest BCUT2D eigenvalue weighted by Gasteiger charge is 2.30. The minimum atomic E-state index is -4.40. The molecule has 0 aliphatic carbocycles. The number of benzene rings is 1. The van der Waals surface area contributed by atoms with Gasteiger partial charge in [0.2, 0.25) is 0 Å². The molecule has 0 aliphatic rings. The first-order valence-corrected chi connectivity index (χ1v) is 5.27. The third kappa shape index (κ3) is 2.96. The molecule has 0 unspecified atom stereocenters. The number of hydrogen-bond donors (Lipinski definition) is 0. The lowest BCUT2D eigenvalue weighted by atomic mass is 10.1. The Balaban J connectivity index is 2.43. The van der Waals surface area contributed by atoms with Crippen LogP contribution in [-0.2, 0) is 6.18 Å². The monoisotopic (exact) mass is 270 g/mol. The molecule has 0 radical (unpaired) electrons. The molecule has 0 atom stereocenters. The van der Waals surface area contributed by atoms with E-state index < -0.39 is 17.4 Å². The predicted molar refractivity (Wildman–Crippen MR) is 62.0 cm³/mol. The maximum atomic E-state index is 12.4. The molecule has 2 aromatic rings. The quantitative estimate of drug-likeness (QED) is 0.840. The fraction of sp³-hybridized carbons (Fsp3) is 0.154. The highest BCUT2D eigenvalue weighted by molar-refractivity contribution is 5.59. The molecule has 3 nitrogen and oxygen atoms in total. The Hall–Kier alpha value is -2.24. The molecule has 0 bridgehead atoms. The van der Waals surface area contributed by atoms with Gasteiger partial charge in [-0.1, -0.05) is 12.1 Å². The average Bonchev–Trinajstić information content (AvgIpc) is 2.37. The first kappa shape index (κ1) is 13.2. The first-order valence-electron chi connectivity index (χ1n) is 5.27. The Morgan fingerprint density at radius 3 is 2.26 bits per heavy atom. The van der Waals surface area contributed by atoms with E-state index in [1.807, 2.05) is 0 Å². The maximum Gasteiger partial charge on any atom is 0.416 e. The molecule has 19 heavy (non-hydrogen) atoms. The van der Waals surface area contributed by atoms with Gasteiger partial charge < -0.3 is 9.15 Å². The molecular weight excluding hydrogens is 261 g/mol. The van der Waals surface area contributed by atoms with Gasteiger partial charge in [-0.2, -0.15) is 13.2 Å². The van der Waals surface area contributed by atoms with Gasteiger partial charge in [0, 0.05) is 11.6 Å². The summed E-state index contributed by atoms with van der Waals surface area (Å²) < 4.78 is 47.0. The van der Waals surface area contributed by atoms with E-state index in [9.17, 15) is 18.0 Å². The molecule has 6 heteroatoms. The number of rotatable bonds is 2. The summed E-state index contributed by atoms with van der Waals surface area (Å²) in [5, 5.41) is 0. The molecule has 0 spiro atoms. The highest BCUT2D eigenvalue weighted by Crippen LogP contribution is 2.31. The SMILES string of the molecule is COc1cc(-c2ccc(C(F)(F)F)cc2)oc(=O)c1. The van der Waals surface area contributed by atoms with Crippen LogP contribution in [0.15, 0.2) is 45.6 Å². The summed E-state index contributed by atoms with van der Waals surface area (Å²) in [4.78, 5) is 11.2. The molecule has 1 aromatic heterocycles. The van der Waals surface area contributed by atoms with Gasteiger partial charge in [0.15, 0.2) is 0 Å². The van der Waals surface area contributed by atoms with Crippen LogP contribution in [0.4, 0.5) is 13.2 Å². The summed E-state index contributed by atoms with van der Waals surface area (Å²) >= 11 is 0. The van der Waals surface area contributed by atoms with E-state index in [0.29, 0.717) is 5.56 Å². The number of halogens is 3. The van der Waals surface area contributed by atoms with Crippen LogP contribution in [0.1, 0.15) is 5.56 Å². The maximum absolute atomic E-state index is 12.4. The van der Waals surface area contributed by atoms with E-state index >= 15 is 0 Å². The minimum Gasteiger partial charge on any atom is -0.496 e. The first-order chi connectivity index (χ1) is 8.90. The van der Waals surface area contributed by atoms with Crippen LogP contribution in [0.25, 0.3) is 11.3 Å². The van der Waals surface area contributed by atoms with E-state index in [2.05, 4.69) is 0 Å². The van der Waals surface area contributed by atoms with Gasteiger partial charge in [0.05, 0.1) is 18.7 Å².